The molecule has 1 aromatic carbocycles. The minimum atomic E-state index is -4.32. The summed E-state index contributed by atoms with van der Waals surface area (Å²) < 4.78 is 37.1. The molecule has 1 rings (SSSR count). The number of carbonyl (C=O) groups is 1. The van der Waals surface area contributed by atoms with Crippen molar-refractivity contribution in [2.45, 2.75) is 38.5 Å². The van der Waals surface area contributed by atoms with Crippen LogP contribution in [0.1, 0.15) is 31.4 Å². The van der Waals surface area contributed by atoms with Crippen molar-refractivity contribution in [3.8, 4) is 0 Å². The summed E-state index contributed by atoms with van der Waals surface area (Å²) in [5.41, 5.74) is 4.66. The maximum Gasteiger partial charge on any atom is 0.416 e. The number of alkyl halides is 3. The van der Waals surface area contributed by atoms with Crippen LogP contribution < -0.4 is 11.1 Å². The number of halogens is 3. The van der Waals surface area contributed by atoms with Crippen LogP contribution in [0.3, 0.4) is 0 Å². The number of benzene rings is 1. The number of nitrogens with two attached hydrogens (primary N) is 1. The number of amides is 1. The third-order valence-corrected chi connectivity index (χ3v) is 2.67. The van der Waals surface area contributed by atoms with Crippen LogP contribution in [0.25, 0.3) is 0 Å². The molecule has 0 spiro atoms. The van der Waals surface area contributed by atoms with E-state index in [0.717, 1.165) is 12.1 Å². The topological polar surface area (TPSA) is 55.1 Å². The van der Waals surface area contributed by atoms with E-state index < -0.39 is 23.2 Å². The van der Waals surface area contributed by atoms with E-state index in [1.807, 2.05) is 13.8 Å². The summed E-state index contributed by atoms with van der Waals surface area (Å²) in [7, 11) is 0. The maximum atomic E-state index is 12.4. The fourth-order valence-electron chi connectivity index (χ4n) is 1.65. The second-order valence-electron chi connectivity index (χ2n) is 5.08. The molecule has 0 bridgehead atoms. The largest absolute Gasteiger partial charge is 0.416 e. The van der Waals surface area contributed by atoms with Gasteiger partial charge >= 0.3 is 6.18 Å². The van der Waals surface area contributed by atoms with Gasteiger partial charge in [0.15, 0.2) is 0 Å². The highest BCUT2D eigenvalue weighted by Gasteiger charge is 2.30. The quantitative estimate of drug-likeness (QED) is 0.866. The van der Waals surface area contributed by atoms with Gasteiger partial charge in [-0.1, -0.05) is 12.1 Å². The summed E-state index contributed by atoms with van der Waals surface area (Å²) >= 11 is 0. The summed E-state index contributed by atoms with van der Waals surface area (Å²) in [5, 5.41) is 3.08. The third kappa shape index (κ3) is 5.30. The summed E-state index contributed by atoms with van der Waals surface area (Å²) in [5.74, 6) is -0.426. The van der Waals surface area contributed by atoms with E-state index in [9.17, 15) is 18.0 Å². The molecule has 0 radical (unpaired) electrons. The lowest BCUT2D eigenvalue weighted by molar-refractivity contribution is -0.137. The minimum absolute atomic E-state index is 0.160. The van der Waals surface area contributed by atoms with E-state index in [0.29, 0.717) is 12.1 Å². The Labute approximate surface area is 110 Å². The van der Waals surface area contributed by atoms with Gasteiger partial charge in [0.25, 0.3) is 0 Å². The van der Waals surface area contributed by atoms with Gasteiger partial charge in [0.1, 0.15) is 0 Å². The van der Waals surface area contributed by atoms with Crippen LogP contribution in [-0.4, -0.2) is 11.4 Å². The molecule has 106 valence electrons. The first kappa shape index (κ1) is 15.5. The van der Waals surface area contributed by atoms with Crippen LogP contribution in [0.4, 0.5) is 13.2 Å². The highest BCUT2D eigenvalue weighted by atomic mass is 19.4. The zero-order valence-electron chi connectivity index (χ0n) is 10.8. The van der Waals surface area contributed by atoms with Crippen molar-refractivity contribution in [3.63, 3.8) is 0 Å². The molecule has 0 aliphatic rings. The van der Waals surface area contributed by atoms with Gasteiger partial charge in [0.2, 0.25) is 5.91 Å². The third-order valence-electron chi connectivity index (χ3n) is 2.67. The van der Waals surface area contributed by atoms with Crippen molar-refractivity contribution in [3.05, 3.63) is 35.4 Å². The fourth-order valence-corrected chi connectivity index (χ4v) is 1.65. The van der Waals surface area contributed by atoms with Crippen molar-refractivity contribution < 1.29 is 18.0 Å². The average molecular weight is 274 g/mol. The smallest absolute Gasteiger partial charge is 0.370 e. The molecule has 19 heavy (non-hydrogen) atoms. The van der Waals surface area contributed by atoms with Crippen molar-refractivity contribution >= 4 is 5.91 Å². The van der Waals surface area contributed by atoms with Gasteiger partial charge in [-0.2, -0.15) is 13.2 Å². The highest BCUT2D eigenvalue weighted by Crippen LogP contribution is 2.29. The molecule has 0 aromatic heterocycles. The van der Waals surface area contributed by atoms with E-state index in [2.05, 4.69) is 5.32 Å². The molecule has 0 atom stereocenters. The van der Waals surface area contributed by atoms with Gasteiger partial charge in [-0.05, 0) is 31.5 Å². The Morgan fingerprint density at radius 3 is 2.16 bits per heavy atom. The molecule has 1 amide bonds. The maximum absolute atomic E-state index is 12.4. The van der Waals surface area contributed by atoms with Crippen LogP contribution in [-0.2, 0) is 17.5 Å². The standard InChI is InChI=1S/C13H17F3N2O/c1-12(2,7-11(17)19)18-8-9-3-5-10(6-4-9)13(14,15)16/h3-6,18H,7-8H2,1-2H3,(H2,17,19). The van der Waals surface area contributed by atoms with Crippen molar-refractivity contribution in [2.24, 2.45) is 5.73 Å². The van der Waals surface area contributed by atoms with Crippen molar-refractivity contribution in [1.82, 2.24) is 5.32 Å². The van der Waals surface area contributed by atoms with E-state index in [1.165, 1.54) is 12.1 Å². The van der Waals surface area contributed by atoms with Gasteiger partial charge in [0, 0.05) is 18.5 Å². The zero-order valence-corrected chi connectivity index (χ0v) is 10.8. The molecule has 0 saturated carbocycles. The number of hydrogen-bond acceptors (Lipinski definition) is 2. The van der Waals surface area contributed by atoms with E-state index in [1.54, 1.807) is 0 Å². The molecule has 3 N–H and O–H groups in total. The lowest BCUT2D eigenvalue weighted by atomic mass is 9.99. The molecule has 0 aliphatic carbocycles. The van der Waals surface area contributed by atoms with Crippen LogP contribution >= 0.6 is 0 Å². The fraction of sp³-hybridized carbons (Fsp3) is 0.462. The van der Waals surface area contributed by atoms with E-state index >= 15 is 0 Å². The summed E-state index contributed by atoms with van der Waals surface area (Å²) in [6, 6.07) is 4.91. The minimum Gasteiger partial charge on any atom is -0.370 e. The number of hydrogen-bond donors (Lipinski definition) is 2. The SMILES string of the molecule is CC(C)(CC(N)=O)NCc1ccc(C(F)(F)F)cc1. The highest BCUT2D eigenvalue weighted by molar-refractivity contribution is 5.74. The first-order chi connectivity index (χ1) is 8.60. The number of nitrogens with one attached hydrogen (secondary N) is 1. The van der Waals surface area contributed by atoms with Gasteiger partial charge in [-0.25, -0.2) is 0 Å². The van der Waals surface area contributed by atoms with Crippen LogP contribution in [0, 0.1) is 0 Å². The lowest BCUT2D eigenvalue weighted by Crippen LogP contribution is -2.42. The first-order valence-corrected chi connectivity index (χ1v) is 5.80. The number of carbonyl (C=O) groups excluding carboxylic acids is 1. The average Bonchev–Trinajstić information content (AvgIpc) is 2.24. The second-order valence-corrected chi connectivity index (χ2v) is 5.08. The summed E-state index contributed by atoms with van der Waals surface area (Å²) in [6.07, 6.45) is -4.16. The molecular formula is C13H17F3N2O. The summed E-state index contributed by atoms with van der Waals surface area (Å²) in [6.45, 7) is 3.99. The normalized spacial score (nSPS) is 12.5. The second kappa shape index (κ2) is 5.61. The van der Waals surface area contributed by atoms with Crippen LogP contribution in [0.2, 0.25) is 0 Å². The Bertz CT molecular complexity index is 438. The molecule has 3 nitrogen and oxygen atoms in total. The number of primary amides is 1. The molecule has 6 heteroatoms. The van der Waals surface area contributed by atoms with Crippen molar-refractivity contribution in [2.75, 3.05) is 0 Å². The molecule has 0 aliphatic heterocycles. The van der Waals surface area contributed by atoms with Gasteiger partial charge < -0.3 is 11.1 Å². The predicted molar refractivity (Wildman–Crippen MR) is 66.2 cm³/mol. The van der Waals surface area contributed by atoms with E-state index in [-0.39, 0.29) is 6.42 Å². The molecule has 0 heterocycles. The molecule has 0 unspecified atom stereocenters. The van der Waals surface area contributed by atoms with Crippen molar-refractivity contribution in [1.29, 1.82) is 0 Å². The molecule has 1 aromatic rings. The van der Waals surface area contributed by atoms with E-state index in [4.69, 9.17) is 5.73 Å². The Kier molecular flexibility index (Phi) is 4.57. The predicted octanol–water partition coefficient (Wildman–Crippen LogP) is 2.45. The Morgan fingerprint density at radius 1 is 1.21 bits per heavy atom. The summed E-state index contributed by atoms with van der Waals surface area (Å²) in [4.78, 5) is 10.8. The zero-order chi connectivity index (χ0) is 14.7. The van der Waals surface area contributed by atoms with Gasteiger partial charge in [-0.15, -0.1) is 0 Å². The molecule has 0 saturated heterocycles. The van der Waals surface area contributed by atoms with Gasteiger partial charge in [0.05, 0.1) is 5.56 Å². The Hall–Kier alpha value is -1.56. The van der Waals surface area contributed by atoms with Gasteiger partial charge in [-0.3, -0.25) is 4.79 Å². The Balaban J connectivity index is 2.62. The first-order valence-electron chi connectivity index (χ1n) is 5.80. The van der Waals surface area contributed by atoms with Crippen LogP contribution in [0.5, 0.6) is 0 Å². The molecule has 0 fully saturated rings. The monoisotopic (exact) mass is 274 g/mol. The molecular weight excluding hydrogens is 257 g/mol. The van der Waals surface area contributed by atoms with Crippen LogP contribution in [0.15, 0.2) is 24.3 Å². The lowest BCUT2D eigenvalue weighted by Gasteiger charge is -2.25. The number of rotatable bonds is 5. The Morgan fingerprint density at radius 2 is 1.74 bits per heavy atom.